The molecule has 0 saturated heterocycles. The van der Waals surface area contributed by atoms with Gasteiger partial charge in [-0.15, -0.1) is 0 Å². The number of benzene rings is 2. The number of aromatic nitrogens is 2. The number of methoxy groups -OCH3 is 1. The zero-order chi connectivity index (χ0) is 18.1. The molecule has 4 rings (SSSR count). The fraction of sp³-hybridized carbons (Fsp3) is 0.174. The Hall–Kier alpha value is -3.07. The number of aryl methyl sites for hydroxylation is 2. The molecule has 2 heterocycles. The molecule has 0 N–H and O–H groups in total. The smallest absolute Gasteiger partial charge is 0.137 e. The molecule has 2 aromatic carbocycles. The van der Waals surface area contributed by atoms with Gasteiger partial charge in [-0.25, -0.2) is 4.98 Å². The van der Waals surface area contributed by atoms with Gasteiger partial charge in [0.25, 0.3) is 0 Å². The van der Waals surface area contributed by atoms with Gasteiger partial charge in [-0.1, -0.05) is 54.1 Å². The van der Waals surface area contributed by atoms with E-state index in [0.29, 0.717) is 0 Å². The molecule has 0 aliphatic carbocycles. The van der Waals surface area contributed by atoms with Crippen LogP contribution in [0, 0.1) is 13.8 Å². The van der Waals surface area contributed by atoms with E-state index in [2.05, 4.69) is 73.0 Å². The van der Waals surface area contributed by atoms with Crippen LogP contribution in [0.3, 0.4) is 0 Å². The molecule has 2 aromatic heterocycles. The first-order valence-corrected chi connectivity index (χ1v) is 8.82. The molecule has 0 unspecified atom stereocenters. The summed E-state index contributed by atoms with van der Waals surface area (Å²) in [6, 6.07) is 20.9. The minimum atomic E-state index is 0.762. The standard InChI is InChI=1S/C23H22N2O/c1-16-8-11-18(12-9-16)23-20(14-19-6-4-5-7-21(19)26-3)25-15-17(2)10-13-22(25)24-23/h4-13,15H,14H2,1-3H3. The van der Waals surface area contributed by atoms with Crippen molar-refractivity contribution >= 4 is 5.65 Å². The van der Waals surface area contributed by atoms with Crippen LogP contribution in [0.15, 0.2) is 66.9 Å². The third kappa shape index (κ3) is 2.97. The van der Waals surface area contributed by atoms with Gasteiger partial charge in [0.2, 0.25) is 0 Å². The SMILES string of the molecule is COc1ccccc1Cc1c(-c2ccc(C)cc2)nc2ccc(C)cn12. The van der Waals surface area contributed by atoms with E-state index in [0.717, 1.165) is 34.6 Å². The van der Waals surface area contributed by atoms with Crippen LogP contribution in [-0.4, -0.2) is 16.5 Å². The first-order valence-electron chi connectivity index (χ1n) is 8.82. The van der Waals surface area contributed by atoms with Crippen LogP contribution in [-0.2, 0) is 6.42 Å². The van der Waals surface area contributed by atoms with Gasteiger partial charge in [-0.3, -0.25) is 0 Å². The molecule has 3 nitrogen and oxygen atoms in total. The summed E-state index contributed by atoms with van der Waals surface area (Å²) in [5.74, 6) is 0.907. The highest BCUT2D eigenvalue weighted by Gasteiger charge is 2.16. The van der Waals surface area contributed by atoms with Crippen LogP contribution < -0.4 is 4.74 Å². The van der Waals surface area contributed by atoms with Crippen molar-refractivity contribution in [2.75, 3.05) is 7.11 Å². The lowest BCUT2D eigenvalue weighted by Gasteiger charge is -2.10. The van der Waals surface area contributed by atoms with Crippen LogP contribution in [0.5, 0.6) is 5.75 Å². The predicted octanol–water partition coefficient (Wildman–Crippen LogP) is 5.22. The van der Waals surface area contributed by atoms with Crippen molar-refractivity contribution < 1.29 is 4.74 Å². The average Bonchev–Trinajstić information content (AvgIpc) is 3.00. The first kappa shape index (κ1) is 16.4. The third-order valence-corrected chi connectivity index (χ3v) is 4.74. The number of pyridine rings is 1. The molecule has 26 heavy (non-hydrogen) atoms. The van der Waals surface area contributed by atoms with Crippen molar-refractivity contribution in [3.05, 3.63) is 89.2 Å². The van der Waals surface area contributed by atoms with Crippen LogP contribution in [0.25, 0.3) is 16.9 Å². The first-order chi connectivity index (χ1) is 12.7. The molecule has 0 saturated carbocycles. The van der Waals surface area contributed by atoms with Crippen LogP contribution >= 0.6 is 0 Å². The van der Waals surface area contributed by atoms with Gasteiger partial charge in [0.15, 0.2) is 0 Å². The maximum absolute atomic E-state index is 5.56. The monoisotopic (exact) mass is 342 g/mol. The minimum absolute atomic E-state index is 0.762. The van der Waals surface area contributed by atoms with E-state index in [-0.39, 0.29) is 0 Å². The molecule has 3 heteroatoms. The summed E-state index contributed by atoms with van der Waals surface area (Å²) in [7, 11) is 1.72. The van der Waals surface area contributed by atoms with Crippen molar-refractivity contribution in [3.8, 4) is 17.0 Å². The second kappa shape index (κ2) is 6.68. The highest BCUT2D eigenvalue weighted by atomic mass is 16.5. The van der Waals surface area contributed by atoms with Crippen molar-refractivity contribution in [1.29, 1.82) is 0 Å². The number of para-hydroxylation sites is 1. The Balaban J connectivity index is 1.91. The average molecular weight is 342 g/mol. The van der Waals surface area contributed by atoms with Crippen molar-refractivity contribution in [2.24, 2.45) is 0 Å². The summed E-state index contributed by atoms with van der Waals surface area (Å²) >= 11 is 0. The highest BCUT2D eigenvalue weighted by Crippen LogP contribution is 2.29. The molecular weight excluding hydrogens is 320 g/mol. The summed E-state index contributed by atoms with van der Waals surface area (Å²) in [6.45, 7) is 4.21. The quantitative estimate of drug-likeness (QED) is 0.508. The van der Waals surface area contributed by atoms with Crippen LogP contribution in [0.2, 0.25) is 0 Å². The normalized spacial score (nSPS) is 11.0. The van der Waals surface area contributed by atoms with E-state index in [1.807, 2.05) is 12.1 Å². The zero-order valence-electron chi connectivity index (χ0n) is 15.4. The van der Waals surface area contributed by atoms with E-state index in [4.69, 9.17) is 9.72 Å². The lowest BCUT2D eigenvalue weighted by Crippen LogP contribution is -1.99. The summed E-state index contributed by atoms with van der Waals surface area (Å²) in [6.07, 6.45) is 2.92. The molecule has 0 spiro atoms. The maximum Gasteiger partial charge on any atom is 0.137 e. The number of rotatable bonds is 4. The number of imidazole rings is 1. The maximum atomic E-state index is 5.56. The lowest BCUT2D eigenvalue weighted by molar-refractivity contribution is 0.410. The number of ether oxygens (including phenoxy) is 1. The number of hydrogen-bond donors (Lipinski definition) is 0. The topological polar surface area (TPSA) is 26.5 Å². The van der Waals surface area contributed by atoms with Crippen LogP contribution in [0.4, 0.5) is 0 Å². The fourth-order valence-corrected chi connectivity index (χ4v) is 3.34. The van der Waals surface area contributed by atoms with E-state index in [1.165, 1.54) is 16.8 Å². The molecule has 0 aliphatic heterocycles. The Kier molecular flexibility index (Phi) is 4.21. The number of nitrogens with zero attached hydrogens (tertiary/aromatic N) is 2. The second-order valence-electron chi connectivity index (χ2n) is 6.70. The Morgan fingerprint density at radius 3 is 2.38 bits per heavy atom. The summed E-state index contributed by atoms with van der Waals surface area (Å²) < 4.78 is 7.77. The van der Waals surface area contributed by atoms with Gasteiger partial charge in [0.1, 0.15) is 11.4 Å². The molecule has 0 bridgehead atoms. The Bertz CT molecular complexity index is 1060. The van der Waals surface area contributed by atoms with Gasteiger partial charge in [0.05, 0.1) is 18.5 Å². The molecule has 0 atom stereocenters. The molecule has 0 amide bonds. The van der Waals surface area contributed by atoms with Gasteiger partial charge in [-0.05, 0) is 31.5 Å². The summed E-state index contributed by atoms with van der Waals surface area (Å²) in [4.78, 5) is 4.93. The van der Waals surface area contributed by atoms with Gasteiger partial charge >= 0.3 is 0 Å². The van der Waals surface area contributed by atoms with E-state index in [1.54, 1.807) is 7.11 Å². The molecule has 130 valence electrons. The predicted molar refractivity (Wildman–Crippen MR) is 106 cm³/mol. The van der Waals surface area contributed by atoms with E-state index in [9.17, 15) is 0 Å². The molecule has 0 fully saturated rings. The Morgan fingerprint density at radius 1 is 0.885 bits per heavy atom. The lowest BCUT2D eigenvalue weighted by atomic mass is 10.0. The third-order valence-electron chi connectivity index (χ3n) is 4.74. The van der Waals surface area contributed by atoms with Gasteiger partial charge in [0, 0.05) is 23.7 Å². The molecular formula is C23H22N2O. The molecule has 0 radical (unpaired) electrons. The Morgan fingerprint density at radius 2 is 1.62 bits per heavy atom. The minimum Gasteiger partial charge on any atom is -0.496 e. The largest absolute Gasteiger partial charge is 0.496 e. The van der Waals surface area contributed by atoms with Gasteiger partial charge in [-0.2, -0.15) is 0 Å². The second-order valence-corrected chi connectivity index (χ2v) is 6.70. The summed E-state index contributed by atoms with van der Waals surface area (Å²) in [5.41, 5.74) is 7.94. The van der Waals surface area contributed by atoms with Crippen molar-refractivity contribution in [1.82, 2.24) is 9.38 Å². The number of hydrogen-bond acceptors (Lipinski definition) is 2. The zero-order valence-corrected chi connectivity index (χ0v) is 15.4. The highest BCUT2D eigenvalue weighted by molar-refractivity contribution is 5.68. The molecule has 4 aromatic rings. The molecule has 0 aliphatic rings. The van der Waals surface area contributed by atoms with E-state index < -0.39 is 0 Å². The van der Waals surface area contributed by atoms with Crippen molar-refractivity contribution in [3.63, 3.8) is 0 Å². The van der Waals surface area contributed by atoms with Crippen LogP contribution in [0.1, 0.15) is 22.4 Å². The number of fused-ring (bicyclic) bond motifs is 1. The summed E-state index contributed by atoms with van der Waals surface area (Å²) in [5, 5.41) is 0. The van der Waals surface area contributed by atoms with E-state index >= 15 is 0 Å². The fourth-order valence-electron chi connectivity index (χ4n) is 3.34. The van der Waals surface area contributed by atoms with Crippen molar-refractivity contribution in [2.45, 2.75) is 20.3 Å². The Labute approximate surface area is 153 Å². The van der Waals surface area contributed by atoms with Gasteiger partial charge < -0.3 is 9.14 Å².